The predicted molar refractivity (Wildman–Crippen MR) is 77.0 cm³/mol. The minimum atomic E-state index is -0.969. The van der Waals surface area contributed by atoms with Gasteiger partial charge in [0.05, 0.1) is 16.9 Å². The Morgan fingerprint density at radius 3 is 2.32 bits per heavy atom. The first kappa shape index (κ1) is 13.0. The van der Waals surface area contributed by atoms with Gasteiger partial charge in [0, 0.05) is 5.69 Å². The van der Waals surface area contributed by atoms with Gasteiger partial charge in [-0.3, -0.25) is 0 Å². The monoisotopic (exact) mass is 256 g/mol. The first-order valence-corrected chi connectivity index (χ1v) is 5.94. The number of aryl methyl sites for hydroxylation is 2. The molecule has 2 aromatic rings. The van der Waals surface area contributed by atoms with Crippen molar-refractivity contribution < 1.29 is 9.90 Å². The molecule has 98 valence electrons. The molecule has 2 rings (SSSR count). The molecule has 0 radical (unpaired) electrons. The van der Waals surface area contributed by atoms with Gasteiger partial charge in [0.2, 0.25) is 0 Å². The lowest BCUT2D eigenvalue weighted by atomic mass is 10.1. The highest BCUT2D eigenvalue weighted by Crippen LogP contribution is 2.25. The molecule has 0 saturated carbocycles. The van der Waals surface area contributed by atoms with Gasteiger partial charge in [-0.2, -0.15) is 0 Å². The molecule has 4 nitrogen and oxygen atoms in total. The smallest absolute Gasteiger partial charge is 0.335 e. The van der Waals surface area contributed by atoms with Crippen molar-refractivity contribution in [3.05, 3.63) is 53.1 Å². The highest BCUT2D eigenvalue weighted by Gasteiger charge is 2.07. The molecule has 0 spiro atoms. The highest BCUT2D eigenvalue weighted by molar-refractivity contribution is 5.91. The number of nitrogens with one attached hydrogen (secondary N) is 1. The number of hydrogen-bond acceptors (Lipinski definition) is 3. The summed E-state index contributed by atoms with van der Waals surface area (Å²) in [6.45, 7) is 4.02. The topological polar surface area (TPSA) is 75.3 Å². The molecule has 0 aliphatic rings. The molecule has 4 heteroatoms. The Morgan fingerprint density at radius 1 is 1.11 bits per heavy atom. The number of benzene rings is 2. The molecule has 0 heterocycles. The number of carboxylic acids is 1. The summed E-state index contributed by atoms with van der Waals surface area (Å²) in [5, 5.41) is 12.1. The predicted octanol–water partition coefficient (Wildman–Crippen LogP) is 3.33. The van der Waals surface area contributed by atoms with Crippen LogP contribution < -0.4 is 11.1 Å². The van der Waals surface area contributed by atoms with E-state index in [1.165, 1.54) is 12.1 Å². The highest BCUT2D eigenvalue weighted by atomic mass is 16.4. The Morgan fingerprint density at radius 2 is 1.74 bits per heavy atom. The van der Waals surface area contributed by atoms with Crippen LogP contribution in [0.4, 0.5) is 17.1 Å². The van der Waals surface area contributed by atoms with Crippen LogP contribution >= 0.6 is 0 Å². The van der Waals surface area contributed by atoms with E-state index in [1.807, 2.05) is 26.0 Å². The third kappa shape index (κ3) is 3.04. The van der Waals surface area contributed by atoms with Crippen LogP contribution in [0.3, 0.4) is 0 Å². The van der Waals surface area contributed by atoms with Gasteiger partial charge in [-0.15, -0.1) is 0 Å². The van der Waals surface area contributed by atoms with Crippen LogP contribution in [0.15, 0.2) is 36.4 Å². The lowest BCUT2D eigenvalue weighted by molar-refractivity contribution is 0.0697. The number of carboxylic acid groups (broad SMARTS) is 1. The molecule has 0 amide bonds. The van der Waals surface area contributed by atoms with Gasteiger partial charge in [-0.25, -0.2) is 4.79 Å². The maximum absolute atomic E-state index is 11.0. The average molecular weight is 256 g/mol. The summed E-state index contributed by atoms with van der Waals surface area (Å²) in [5.41, 5.74) is 10.4. The second-order valence-corrected chi connectivity index (χ2v) is 4.61. The van der Waals surface area contributed by atoms with Crippen LogP contribution in [0, 0.1) is 13.8 Å². The Hall–Kier alpha value is -2.49. The molecular formula is C15H16N2O2. The molecule has 0 aliphatic heterocycles. The Balaban J connectivity index is 2.37. The van der Waals surface area contributed by atoms with E-state index in [9.17, 15) is 4.79 Å². The van der Waals surface area contributed by atoms with Crippen LogP contribution in [-0.2, 0) is 0 Å². The SMILES string of the molecule is Cc1cc(C)cc(Nc2cc(C(=O)O)ccc2N)c1. The summed E-state index contributed by atoms with van der Waals surface area (Å²) in [5.74, 6) is -0.969. The van der Waals surface area contributed by atoms with E-state index < -0.39 is 5.97 Å². The first-order valence-electron chi connectivity index (χ1n) is 5.94. The van der Waals surface area contributed by atoms with Crippen molar-refractivity contribution in [3.63, 3.8) is 0 Å². The van der Waals surface area contributed by atoms with Crippen LogP contribution in [0.25, 0.3) is 0 Å². The van der Waals surface area contributed by atoms with Gasteiger partial charge in [-0.05, 0) is 55.3 Å². The molecule has 2 aromatic carbocycles. The van der Waals surface area contributed by atoms with Crippen molar-refractivity contribution in [2.75, 3.05) is 11.1 Å². The number of nitrogen functional groups attached to an aromatic ring is 1. The maximum atomic E-state index is 11.0. The number of hydrogen-bond donors (Lipinski definition) is 3. The van der Waals surface area contributed by atoms with Gasteiger partial charge < -0.3 is 16.2 Å². The number of aromatic carboxylic acids is 1. The third-order valence-electron chi connectivity index (χ3n) is 2.80. The van der Waals surface area contributed by atoms with E-state index in [2.05, 4.69) is 11.4 Å². The van der Waals surface area contributed by atoms with Crippen LogP contribution in [0.5, 0.6) is 0 Å². The van der Waals surface area contributed by atoms with E-state index in [-0.39, 0.29) is 5.56 Å². The Bertz CT molecular complexity index is 616. The fourth-order valence-electron chi connectivity index (χ4n) is 2.00. The molecule has 0 fully saturated rings. The lowest BCUT2D eigenvalue weighted by Crippen LogP contribution is -2.01. The molecule has 0 aliphatic carbocycles. The standard InChI is InChI=1S/C15H16N2O2/c1-9-5-10(2)7-12(6-9)17-14-8-11(15(18)19)3-4-13(14)16/h3-8,17H,16H2,1-2H3,(H,18,19). The molecule has 0 unspecified atom stereocenters. The van der Waals surface area contributed by atoms with Crippen molar-refractivity contribution in [1.29, 1.82) is 0 Å². The quantitative estimate of drug-likeness (QED) is 0.736. The van der Waals surface area contributed by atoms with Crippen molar-refractivity contribution in [2.45, 2.75) is 13.8 Å². The molecule has 0 aromatic heterocycles. The Labute approximate surface area is 111 Å². The average Bonchev–Trinajstić information content (AvgIpc) is 2.30. The second-order valence-electron chi connectivity index (χ2n) is 4.61. The second kappa shape index (κ2) is 5.02. The largest absolute Gasteiger partial charge is 0.478 e. The van der Waals surface area contributed by atoms with Crippen LogP contribution in [0.1, 0.15) is 21.5 Å². The minimum absolute atomic E-state index is 0.209. The number of carbonyl (C=O) groups is 1. The zero-order valence-electron chi connectivity index (χ0n) is 10.9. The van der Waals surface area contributed by atoms with E-state index in [4.69, 9.17) is 10.8 Å². The molecule has 0 atom stereocenters. The number of nitrogens with two attached hydrogens (primary N) is 1. The van der Waals surface area contributed by atoms with Gasteiger partial charge in [-0.1, -0.05) is 6.07 Å². The fourth-order valence-corrected chi connectivity index (χ4v) is 2.00. The fraction of sp³-hybridized carbons (Fsp3) is 0.133. The zero-order valence-corrected chi connectivity index (χ0v) is 10.9. The van der Waals surface area contributed by atoms with E-state index >= 15 is 0 Å². The van der Waals surface area contributed by atoms with Gasteiger partial charge in [0.15, 0.2) is 0 Å². The van der Waals surface area contributed by atoms with Crippen molar-refractivity contribution in [3.8, 4) is 0 Å². The summed E-state index contributed by atoms with van der Waals surface area (Å²) < 4.78 is 0. The van der Waals surface area contributed by atoms with E-state index in [0.29, 0.717) is 11.4 Å². The number of anilines is 3. The van der Waals surface area contributed by atoms with E-state index in [0.717, 1.165) is 16.8 Å². The minimum Gasteiger partial charge on any atom is -0.478 e. The summed E-state index contributed by atoms with van der Waals surface area (Å²) in [4.78, 5) is 11.0. The number of rotatable bonds is 3. The summed E-state index contributed by atoms with van der Waals surface area (Å²) >= 11 is 0. The van der Waals surface area contributed by atoms with Crippen molar-refractivity contribution >= 4 is 23.0 Å². The van der Waals surface area contributed by atoms with Crippen LogP contribution in [0.2, 0.25) is 0 Å². The molecule has 0 bridgehead atoms. The Kier molecular flexibility index (Phi) is 3.42. The summed E-state index contributed by atoms with van der Waals surface area (Å²) in [6, 6.07) is 10.7. The summed E-state index contributed by atoms with van der Waals surface area (Å²) in [7, 11) is 0. The van der Waals surface area contributed by atoms with Gasteiger partial charge in [0.1, 0.15) is 0 Å². The van der Waals surface area contributed by atoms with Crippen molar-refractivity contribution in [2.24, 2.45) is 0 Å². The van der Waals surface area contributed by atoms with Gasteiger partial charge >= 0.3 is 5.97 Å². The zero-order chi connectivity index (χ0) is 14.0. The third-order valence-corrected chi connectivity index (χ3v) is 2.80. The van der Waals surface area contributed by atoms with Gasteiger partial charge in [0.25, 0.3) is 0 Å². The van der Waals surface area contributed by atoms with Crippen LogP contribution in [-0.4, -0.2) is 11.1 Å². The lowest BCUT2D eigenvalue weighted by Gasteiger charge is -2.11. The van der Waals surface area contributed by atoms with E-state index in [1.54, 1.807) is 6.07 Å². The molecule has 19 heavy (non-hydrogen) atoms. The molecule has 4 N–H and O–H groups in total. The normalized spacial score (nSPS) is 10.2. The molecular weight excluding hydrogens is 240 g/mol. The summed E-state index contributed by atoms with van der Waals surface area (Å²) in [6.07, 6.45) is 0. The van der Waals surface area contributed by atoms with Crippen molar-refractivity contribution in [1.82, 2.24) is 0 Å². The maximum Gasteiger partial charge on any atom is 0.335 e. The first-order chi connectivity index (χ1) is 8.95. The molecule has 0 saturated heterocycles.